The van der Waals surface area contributed by atoms with Gasteiger partial charge in [-0.1, -0.05) is 71.2 Å². The molecule has 0 spiro atoms. The van der Waals surface area contributed by atoms with E-state index >= 15 is 0 Å². The van der Waals surface area contributed by atoms with Crippen molar-refractivity contribution in [3.05, 3.63) is 105 Å². The summed E-state index contributed by atoms with van der Waals surface area (Å²) in [4.78, 5) is 0. The molecule has 3 aromatic rings. The lowest BCUT2D eigenvalue weighted by Crippen LogP contribution is -2.58. The lowest BCUT2D eigenvalue weighted by atomic mass is 9.99. The fourth-order valence-electron chi connectivity index (χ4n) is 4.62. The van der Waals surface area contributed by atoms with Crippen molar-refractivity contribution in [3.63, 3.8) is 0 Å². The molecule has 3 fully saturated rings. The topological polar surface area (TPSA) is 55.4 Å². The number of fused-ring (bicyclic) bond motifs is 1. The minimum absolute atomic E-state index is 0.329. The van der Waals surface area contributed by atoms with E-state index in [9.17, 15) is 0 Å². The maximum absolute atomic E-state index is 6.48. The van der Waals surface area contributed by atoms with Crippen molar-refractivity contribution >= 4 is 34.8 Å². The zero-order chi connectivity index (χ0) is 24.6. The smallest absolute Gasteiger partial charge is 0.184 e. The van der Waals surface area contributed by atoms with E-state index in [1.807, 2.05) is 60.7 Å². The fraction of sp³-hybridized carbons (Fsp3) is 0.333. The normalized spacial score (nSPS) is 32.2. The van der Waals surface area contributed by atoms with Gasteiger partial charge in [0, 0.05) is 31.8 Å². The van der Waals surface area contributed by atoms with Gasteiger partial charge in [0.1, 0.15) is 24.4 Å². The zero-order valence-corrected chi connectivity index (χ0v) is 21.2. The van der Waals surface area contributed by atoms with Gasteiger partial charge in [0.15, 0.2) is 18.9 Å². The summed E-state index contributed by atoms with van der Waals surface area (Å²) in [5.74, 6) is 0. The summed E-state index contributed by atoms with van der Waals surface area (Å²) in [7, 11) is 0. The van der Waals surface area contributed by atoms with Crippen LogP contribution >= 0.6 is 34.8 Å². The van der Waals surface area contributed by atoms with Gasteiger partial charge in [0.05, 0.1) is 13.2 Å². The Labute approximate surface area is 223 Å². The second-order valence-corrected chi connectivity index (χ2v) is 10.2. The van der Waals surface area contributed by atoms with Crippen LogP contribution in [0.3, 0.4) is 0 Å². The molecule has 6 nitrogen and oxygen atoms in total. The van der Waals surface area contributed by atoms with E-state index in [-0.39, 0.29) is 12.2 Å². The summed E-state index contributed by atoms with van der Waals surface area (Å²) in [5.41, 5.74) is 2.58. The first-order valence-corrected chi connectivity index (χ1v) is 12.8. The summed E-state index contributed by atoms with van der Waals surface area (Å²) in [5, 5.41) is 1.93. The third-order valence-corrected chi connectivity index (χ3v) is 7.22. The molecule has 3 aliphatic rings. The SMILES string of the molecule is Clc1ccc(C2OC[C@@H]3OC(c4ccc(Cl)cc4)O[C@H]([C@H]4COC(c5ccc(Cl)cc5)O4)[C@@H]3O2)cc1. The molecule has 9 heteroatoms. The highest BCUT2D eigenvalue weighted by atomic mass is 35.5. The van der Waals surface area contributed by atoms with E-state index in [4.69, 9.17) is 63.2 Å². The Morgan fingerprint density at radius 3 is 1.22 bits per heavy atom. The molecule has 6 rings (SSSR count). The Bertz CT molecular complexity index is 1170. The number of hydrogen-bond donors (Lipinski definition) is 0. The average Bonchev–Trinajstić information content (AvgIpc) is 3.39. The van der Waals surface area contributed by atoms with Crippen molar-refractivity contribution in [3.8, 4) is 0 Å². The number of ether oxygens (including phenoxy) is 6. The van der Waals surface area contributed by atoms with Crippen LogP contribution in [0.5, 0.6) is 0 Å². The lowest BCUT2D eigenvalue weighted by Gasteiger charge is -2.47. The van der Waals surface area contributed by atoms with Crippen LogP contribution in [0.2, 0.25) is 15.1 Å². The molecule has 36 heavy (non-hydrogen) atoms. The average molecular weight is 550 g/mol. The van der Waals surface area contributed by atoms with E-state index in [1.54, 1.807) is 12.1 Å². The first-order valence-electron chi connectivity index (χ1n) is 11.6. The van der Waals surface area contributed by atoms with Gasteiger partial charge in [0.25, 0.3) is 0 Å². The second-order valence-electron chi connectivity index (χ2n) is 8.87. The number of rotatable bonds is 4. The molecule has 3 saturated heterocycles. The third kappa shape index (κ3) is 5.16. The second kappa shape index (κ2) is 10.6. The summed E-state index contributed by atoms with van der Waals surface area (Å²) >= 11 is 18.2. The molecular weight excluding hydrogens is 527 g/mol. The zero-order valence-electron chi connectivity index (χ0n) is 19.0. The van der Waals surface area contributed by atoms with E-state index in [1.165, 1.54) is 0 Å². The molecule has 3 unspecified atom stereocenters. The Morgan fingerprint density at radius 2 is 0.778 bits per heavy atom. The van der Waals surface area contributed by atoms with E-state index in [0.29, 0.717) is 28.3 Å². The van der Waals surface area contributed by atoms with Crippen molar-refractivity contribution in [2.75, 3.05) is 13.2 Å². The molecule has 7 atom stereocenters. The van der Waals surface area contributed by atoms with Crippen molar-refractivity contribution in [2.45, 2.75) is 43.3 Å². The van der Waals surface area contributed by atoms with Gasteiger partial charge in [-0.15, -0.1) is 0 Å². The molecule has 0 aliphatic carbocycles. The standard InChI is InChI=1S/C27H23Cl3O6/c28-18-7-1-15(2-8-18)25-31-13-21(33-25)24-23-22(34-27(36-24)17-5-11-20(30)12-6-17)14-32-26(35-23)16-3-9-19(29)10-4-16/h1-12,21-27H,13-14H2/t21-,22+,23-,24-,25?,26?,27?/m1/s1. The number of benzene rings is 3. The van der Waals surface area contributed by atoms with Crippen LogP contribution in [0.15, 0.2) is 72.8 Å². The van der Waals surface area contributed by atoms with Crippen LogP contribution in [0.4, 0.5) is 0 Å². The highest BCUT2D eigenvalue weighted by Crippen LogP contribution is 2.42. The highest BCUT2D eigenvalue weighted by Gasteiger charge is 2.50. The Hall–Kier alpha value is -1.71. The van der Waals surface area contributed by atoms with E-state index in [0.717, 1.165) is 16.7 Å². The monoisotopic (exact) mass is 548 g/mol. The van der Waals surface area contributed by atoms with Crippen LogP contribution in [0.25, 0.3) is 0 Å². The predicted octanol–water partition coefficient (Wildman–Crippen LogP) is 6.66. The van der Waals surface area contributed by atoms with Crippen LogP contribution in [-0.4, -0.2) is 37.6 Å². The molecule has 188 valence electrons. The van der Waals surface area contributed by atoms with Crippen LogP contribution in [0, 0.1) is 0 Å². The molecule has 3 heterocycles. The van der Waals surface area contributed by atoms with Crippen molar-refractivity contribution < 1.29 is 28.4 Å². The molecule has 3 aliphatic heterocycles. The Kier molecular flexibility index (Phi) is 7.23. The molecule has 0 radical (unpaired) electrons. The number of halogens is 3. The lowest BCUT2D eigenvalue weighted by molar-refractivity contribution is -0.373. The molecule has 0 N–H and O–H groups in total. The molecule has 0 saturated carbocycles. The summed E-state index contributed by atoms with van der Waals surface area (Å²) in [6.07, 6.45) is -3.42. The molecule has 0 aromatic heterocycles. The Morgan fingerprint density at radius 1 is 0.444 bits per heavy atom. The number of hydrogen-bond acceptors (Lipinski definition) is 6. The fourth-order valence-corrected chi connectivity index (χ4v) is 5.00. The van der Waals surface area contributed by atoms with Crippen molar-refractivity contribution in [1.29, 1.82) is 0 Å². The first-order chi connectivity index (χ1) is 17.5. The van der Waals surface area contributed by atoms with Gasteiger partial charge in [-0.05, 0) is 36.4 Å². The van der Waals surface area contributed by atoms with E-state index in [2.05, 4.69) is 0 Å². The molecule has 0 bridgehead atoms. The van der Waals surface area contributed by atoms with Gasteiger partial charge in [-0.25, -0.2) is 0 Å². The van der Waals surface area contributed by atoms with Crippen molar-refractivity contribution in [2.24, 2.45) is 0 Å². The van der Waals surface area contributed by atoms with Gasteiger partial charge in [-0.3, -0.25) is 0 Å². The maximum Gasteiger partial charge on any atom is 0.184 e. The molecular formula is C27H23Cl3O6. The quantitative estimate of drug-likeness (QED) is 0.363. The minimum atomic E-state index is -0.633. The Balaban J connectivity index is 1.25. The summed E-state index contributed by atoms with van der Waals surface area (Å²) in [6, 6.07) is 22.2. The van der Waals surface area contributed by atoms with Crippen molar-refractivity contribution in [1.82, 2.24) is 0 Å². The predicted molar refractivity (Wildman–Crippen MR) is 134 cm³/mol. The maximum atomic E-state index is 6.48. The molecule has 3 aromatic carbocycles. The van der Waals surface area contributed by atoms with Crippen LogP contribution in [-0.2, 0) is 28.4 Å². The van der Waals surface area contributed by atoms with Gasteiger partial charge < -0.3 is 28.4 Å². The highest BCUT2D eigenvalue weighted by molar-refractivity contribution is 6.31. The van der Waals surface area contributed by atoms with Gasteiger partial charge >= 0.3 is 0 Å². The minimum Gasteiger partial charge on any atom is -0.346 e. The van der Waals surface area contributed by atoms with Gasteiger partial charge in [0.2, 0.25) is 0 Å². The summed E-state index contributed by atoms with van der Waals surface area (Å²) in [6.45, 7) is 0.667. The van der Waals surface area contributed by atoms with Crippen LogP contribution < -0.4 is 0 Å². The first kappa shape index (κ1) is 24.6. The molecule has 0 amide bonds. The van der Waals surface area contributed by atoms with Crippen LogP contribution in [0.1, 0.15) is 35.6 Å². The largest absolute Gasteiger partial charge is 0.346 e. The summed E-state index contributed by atoms with van der Waals surface area (Å²) < 4.78 is 37.5. The van der Waals surface area contributed by atoms with Gasteiger partial charge in [-0.2, -0.15) is 0 Å². The van der Waals surface area contributed by atoms with E-state index < -0.39 is 31.1 Å². The third-order valence-electron chi connectivity index (χ3n) is 6.47.